The highest BCUT2D eigenvalue weighted by Gasteiger charge is 2.36. The van der Waals surface area contributed by atoms with Crippen LogP contribution in [0.25, 0.3) is 0 Å². The van der Waals surface area contributed by atoms with Crippen molar-refractivity contribution in [2.24, 2.45) is 5.73 Å². The summed E-state index contributed by atoms with van der Waals surface area (Å²) >= 11 is 5.70. The largest absolute Gasteiger partial charge is 0.368 e. The summed E-state index contributed by atoms with van der Waals surface area (Å²) in [6.07, 6.45) is 3.27. The molecule has 1 unspecified atom stereocenters. The van der Waals surface area contributed by atoms with Crippen LogP contribution in [0.15, 0.2) is 23.2 Å². The van der Waals surface area contributed by atoms with Crippen LogP contribution in [0, 0.1) is 0 Å². The lowest BCUT2D eigenvalue weighted by Gasteiger charge is -2.32. The van der Waals surface area contributed by atoms with Gasteiger partial charge in [0, 0.05) is 12.7 Å². The van der Waals surface area contributed by atoms with Crippen LogP contribution in [0.1, 0.15) is 19.3 Å². The van der Waals surface area contributed by atoms with E-state index in [2.05, 4.69) is 4.98 Å². The van der Waals surface area contributed by atoms with E-state index in [1.165, 1.54) is 18.3 Å². The van der Waals surface area contributed by atoms with E-state index >= 15 is 0 Å². The third-order valence-electron chi connectivity index (χ3n) is 3.09. The monoisotopic (exact) mass is 303 g/mol. The molecule has 0 aliphatic carbocycles. The second kappa shape index (κ2) is 5.44. The number of carbonyl (C=O) groups is 1. The number of halogens is 1. The van der Waals surface area contributed by atoms with Crippen LogP contribution in [-0.2, 0) is 14.8 Å². The first-order chi connectivity index (χ1) is 8.93. The van der Waals surface area contributed by atoms with E-state index in [1.54, 1.807) is 0 Å². The minimum absolute atomic E-state index is 0.0284. The van der Waals surface area contributed by atoms with Crippen LogP contribution in [0.4, 0.5) is 0 Å². The van der Waals surface area contributed by atoms with Gasteiger partial charge in [0.2, 0.25) is 15.9 Å². The topological polar surface area (TPSA) is 93.4 Å². The van der Waals surface area contributed by atoms with E-state index in [4.69, 9.17) is 17.3 Å². The maximum absolute atomic E-state index is 12.5. The van der Waals surface area contributed by atoms with Crippen molar-refractivity contribution >= 4 is 27.5 Å². The van der Waals surface area contributed by atoms with Crippen molar-refractivity contribution in [2.45, 2.75) is 30.2 Å². The number of amides is 1. The Balaban J connectivity index is 2.40. The maximum atomic E-state index is 12.5. The second-order valence-electron chi connectivity index (χ2n) is 4.34. The summed E-state index contributed by atoms with van der Waals surface area (Å²) in [7, 11) is -3.77. The number of nitrogens with two attached hydrogens (primary N) is 1. The third kappa shape index (κ3) is 2.88. The molecule has 104 valence electrons. The second-order valence-corrected chi connectivity index (χ2v) is 6.62. The number of hydrogen-bond acceptors (Lipinski definition) is 4. The molecule has 2 N–H and O–H groups in total. The van der Waals surface area contributed by atoms with Crippen molar-refractivity contribution in [1.29, 1.82) is 0 Å². The fourth-order valence-corrected chi connectivity index (χ4v) is 4.07. The van der Waals surface area contributed by atoms with Crippen LogP contribution in [0.3, 0.4) is 0 Å². The number of pyridine rings is 1. The minimum atomic E-state index is -3.77. The Hall–Kier alpha value is -1.18. The average molecular weight is 304 g/mol. The van der Waals surface area contributed by atoms with Crippen molar-refractivity contribution in [3.63, 3.8) is 0 Å². The van der Waals surface area contributed by atoms with Crippen LogP contribution in [0.2, 0.25) is 5.15 Å². The molecule has 6 nitrogen and oxygen atoms in total. The number of carbonyl (C=O) groups excluding carboxylic acids is 1. The first kappa shape index (κ1) is 14.2. The Kier molecular flexibility index (Phi) is 4.07. The molecule has 1 atom stereocenters. The van der Waals surface area contributed by atoms with Gasteiger partial charge in [-0.1, -0.05) is 18.0 Å². The van der Waals surface area contributed by atoms with Gasteiger partial charge in [-0.15, -0.1) is 0 Å². The molecule has 0 saturated carbocycles. The van der Waals surface area contributed by atoms with Crippen molar-refractivity contribution in [2.75, 3.05) is 6.54 Å². The van der Waals surface area contributed by atoms with Gasteiger partial charge in [0.1, 0.15) is 11.2 Å². The minimum Gasteiger partial charge on any atom is -0.368 e. The van der Waals surface area contributed by atoms with E-state index in [0.717, 1.165) is 10.7 Å². The Morgan fingerprint density at radius 2 is 2.21 bits per heavy atom. The molecule has 0 spiro atoms. The Labute approximate surface area is 116 Å². The summed E-state index contributed by atoms with van der Waals surface area (Å²) in [5, 5.41) is 0.0914. The number of nitrogens with zero attached hydrogens (tertiary/aromatic N) is 2. The molecule has 1 fully saturated rings. The molecule has 8 heteroatoms. The van der Waals surface area contributed by atoms with Gasteiger partial charge in [-0.25, -0.2) is 13.4 Å². The number of aromatic nitrogens is 1. The number of piperidine rings is 1. The molecule has 1 aliphatic rings. The first-order valence-electron chi connectivity index (χ1n) is 5.85. The number of rotatable bonds is 3. The normalized spacial score (nSPS) is 21.2. The fourth-order valence-electron chi connectivity index (χ4n) is 2.16. The molecule has 0 aromatic carbocycles. The quantitative estimate of drug-likeness (QED) is 0.834. The van der Waals surface area contributed by atoms with Crippen molar-refractivity contribution < 1.29 is 13.2 Å². The zero-order valence-corrected chi connectivity index (χ0v) is 11.7. The Morgan fingerprint density at radius 3 is 2.84 bits per heavy atom. The Morgan fingerprint density at radius 1 is 1.47 bits per heavy atom. The summed E-state index contributed by atoms with van der Waals surface area (Å²) < 4.78 is 26.1. The molecule has 1 aromatic rings. The van der Waals surface area contributed by atoms with Crippen LogP contribution in [-0.4, -0.2) is 36.2 Å². The summed E-state index contributed by atoms with van der Waals surface area (Å²) in [6, 6.07) is 1.84. The van der Waals surface area contributed by atoms with Gasteiger partial charge in [-0.3, -0.25) is 4.79 Å². The van der Waals surface area contributed by atoms with Crippen molar-refractivity contribution in [3.8, 4) is 0 Å². The molecule has 0 bridgehead atoms. The molecule has 19 heavy (non-hydrogen) atoms. The third-order valence-corrected chi connectivity index (χ3v) is 5.20. The van der Waals surface area contributed by atoms with Gasteiger partial charge in [-0.05, 0) is 25.0 Å². The highest BCUT2D eigenvalue weighted by Crippen LogP contribution is 2.25. The zero-order valence-electron chi connectivity index (χ0n) is 10.1. The standard InChI is InChI=1S/C11H14ClN3O3S/c12-10-7-8(4-5-14-10)19(17,18)15-6-2-1-3-9(15)11(13)16/h4-5,7,9H,1-3,6H2,(H2,13,16). The summed E-state index contributed by atoms with van der Waals surface area (Å²) in [5.74, 6) is -0.622. The lowest BCUT2D eigenvalue weighted by Crippen LogP contribution is -2.50. The average Bonchev–Trinajstić information content (AvgIpc) is 2.38. The molecule has 1 aromatic heterocycles. The molecule has 2 heterocycles. The van der Waals surface area contributed by atoms with Gasteiger partial charge in [0.05, 0.1) is 4.90 Å². The van der Waals surface area contributed by atoms with E-state index in [1.807, 2.05) is 0 Å². The van der Waals surface area contributed by atoms with Crippen molar-refractivity contribution in [3.05, 3.63) is 23.5 Å². The predicted molar refractivity (Wildman–Crippen MR) is 70.0 cm³/mol. The van der Waals surface area contributed by atoms with E-state index in [0.29, 0.717) is 12.8 Å². The van der Waals surface area contributed by atoms with E-state index in [9.17, 15) is 13.2 Å². The molecular formula is C11H14ClN3O3S. The van der Waals surface area contributed by atoms with Crippen LogP contribution >= 0.6 is 11.6 Å². The number of sulfonamides is 1. The van der Waals surface area contributed by atoms with Gasteiger partial charge >= 0.3 is 0 Å². The fraction of sp³-hybridized carbons (Fsp3) is 0.455. The maximum Gasteiger partial charge on any atom is 0.243 e. The van der Waals surface area contributed by atoms with Crippen LogP contribution < -0.4 is 5.73 Å². The molecule has 2 rings (SSSR count). The van der Waals surface area contributed by atoms with Gasteiger partial charge < -0.3 is 5.73 Å². The SMILES string of the molecule is NC(=O)C1CCCCN1S(=O)(=O)c1ccnc(Cl)c1. The van der Waals surface area contributed by atoms with E-state index < -0.39 is 22.0 Å². The van der Waals surface area contributed by atoms with Gasteiger partial charge in [-0.2, -0.15) is 4.31 Å². The predicted octanol–water partition coefficient (Wildman–Crippen LogP) is 0.764. The first-order valence-corrected chi connectivity index (χ1v) is 7.67. The molecular weight excluding hydrogens is 290 g/mol. The molecule has 0 radical (unpaired) electrons. The van der Waals surface area contributed by atoms with E-state index in [-0.39, 0.29) is 16.6 Å². The zero-order chi connectivity index (χ0) is 14.0. The molecule has 1 aliphatic heterocycles. The Bertz CT molecular complexity index is 591. The summed E-state index contributed by atoms with van der Waals surface area (Å²) in [4.78, 5) is 15.2. The molecule has 1 saturated heterocycles. The summed E-state index contributed by atoms with van der Waals surface area (Å²) in [5.41, 5.74) is 5.28. The lowest BCUT2D eigenvalue weighted by atomic mass is 10.0. The van der Waals surface area contributed by atoms with Crippen LogP contribution in [0.5, 0.6) is 0 Å². The van der Waals surface area contributed by atoms with Gasteiger partial charge in [0.15, 0.2) is 0 Å². The lowest BCUT2D eigenvalue weighted by molar-refractivity contribution is -0.122. The highest BCUT2D eigenvalue weighted by molar-refractivity contribution is 7.89. The number of primary amides is 1. The van der Waals surface area contributed by atoms with Crippen molar-refractivity contribution in [1.82, 2.24) is 9.29 Å². The van der Waals surface area contributed by atoms with Gasteiger partial charge in [0.25, 0.3) is 0 Å². The summed E-state index contributed by atoms with van der Waals surface area (Å²) in [6.45, 7) is 0.288. The highest BCUT2D eigenvalue weighted by atomic mass is 35.5. The number of hydrogen-bond donors (Lipinski definition) is 1. The molecule has 1 amide bonds. The smallest absolute Gasteiger partial charge is 0.243 e.